The molecular weight excluding hydrogens is 526 g/mol. The molecule has 1 aliphatic heterocycles. The lowest BCUT2D eigenvalue weighted by molar-refractivity contribution is -0.249. The van der Waals surface area contributed by atoms with E-state index in [1.54, 1.807) is 13.8 Å². The summed E-state index contributed by atoms with van der Waals surface area (Å²) in [5.74, 6) is -6.33. The number of benzene rings is 2. The minimum Gasteiger partial charge on any atom is -0.507 e. The van der Waals surface area contributed by atoms with Crippen LogP contribution in [-0.2, 0) is 19.0 Å². The Morgan fingerprint density at radius 1 is 1.10 bits per heavy atom. The molecule has 1 saturated heterocycles. The summed E-state index contributed by atoms with van der Waals surface area (Å²) in [5, 5.41) is 55.4. The Kier molecular flexibility index (Phi) is 6.87. The summed E-state index contributed by atoms with van der Waals surface area (Å²) in [7, 11) is 1.09. The number of fused-ring (bicyclic) bond motifs is 3. The number of nitrogens with two attached hydrogens (primary N) is 1. The van der Waals surface area contributed by atoms with Crippen molar-refractivity contribution in [2.24, 2.45) is 5.73 Å². The monoisotopic (exact) mass is 557 g/mol. The molecule has 40 heavy (non-hydrogen) atoms. The standard InChI is InChI=1S/C28H31NO11/c1-4-28(37)9-14(40-15-8-12(29)22(31)10(2)39-15)17-18(21(28)27(36)38-3)26(35)19-20(25(17)34)24(33)16-11(23(19)32)6-5-7-13(16)30/h5-7,10,12,14-15,21-22,30-31,34-35,37H,4,8-9,29H2,1-3H3/t10?,12?,14-,15?,21?,22?,28+/m0/s1. The number of aliphatic hydroxyl groups excluding tert-OH is 1. The molecule has 12 heteroatoms. The molecule has 12 nitrogen and oxygen atoms in total. The van der Waals surface area contributed by atoms with Crippen LogP contribution in [-0.4, -0.2) is 80.3 Å². The van der Waals surface area contributed by atoms with Gasteiger partial charge in [0.05, 0.1) is 47.7 Å². The Bertz CT molecular complexity index is 1410. The lowest BCUT2D eigenvalue weighted by Gasteiger charge is -2.45. The highest BCUT2D eigenvalue weighted by molar-refractivity contribution is 6.31. The number of carbonyl (C=O) groups is 3. The van der Waals surface area contributed by atoms with Crippen molar-refractivity contribution in [3.05, 3.63) is 51.6 Å². The molecule has 7 atom stereocenters. The number of hydrogen-bond acceptors (Lipinski definition) is 12. The third-order valence-electron chi connectivity index (χ3n) is 8.29. The number of methoxy groups -OCH3 is 1. The summed E-state index contributed by atoms with van der Waals surface area (Å²) < 4.78 is 16.8. The second-order valence-electron chi connectivity index (χ2n) is 10.5. The Balaban J connectivity index is 1.76. The van der Waals surface area contributed by atoms with Crippen molar-refractivity contribution >= 4 is 17.5 Å². The van der Waals surface area contributed by atoms with Gasteiger partial charge in [-0.25, -0.2) is 0 Å². The number of phenols is 3. The first kappa shape index (κ1) is 28.0. The Morgan fingerprint density at radius 3 is 2.38 bits per heavy atom. The molecule has 0 amide bonds. The minimum absolute atomic E-state index is 0.0207. The molecular formula is C28H31NO11. The number of ether oxygens (including phenoxy) is 3. The van der Waals surface area contributed by atoms with Crippen LogP contribution in [0.25, 0.3) is 0 Å². The van der Waals surface area contributed by atoms with Crippen LogP contribution >= 0.6 is 0 Å². The fourth-order valence-electron chi connectivity index (χ4n) is 6.13. The zero-order valence-electron chi connectivity index (χ0n) is 22.1. The molecule has 1 heterocycles. The molecule has 2 aromatic carbocycles. The number of aromatic hydroxyl groups is 3. The van der Waals surface area contributed by atoms with Gasteiger partial charge < -0.3 is 45.5 Å². The molecule has 0 aromatic heterocycles. The van der Waals surface area contributed by atoms with Crippen molar-refractivity contribution in [3.8, 4) is 17.2 Å². The van der Waals surface area contributed by atoms with E-state index in [1.165, 1.54) is 18.2 Å². The number of aliphatic hydroxyl groups is 2. The highest BCUT2D eigenvalue weighted by Crippen LogP contribution is 2.57. The predicted octanol–water partition coefficient (Wildman–Crippen LogP) is 1.26. The van der Waals surface area contributed by atoms with Crippen LogP contribution in [0.3, 0.4) is 0 Å². The van der Waals surface area contributed by atoms with E-state index in [-0.39, 0.29) is 41.5 Å². The second kappa shape index (κ2) is 9.82. The molecule has 0 bridgehead atoms. The summed E-state index contributed by atoms with van der Waals surface area (Å²) in [6.45, 7) is 3.20. The lowest BCUT2D eigenvalue weighted by Crippen LogP contribution is -2.52. The van der Waals surface area contributed by atoms with Crippen LogP contribution in [0.5, 0.6) is 17.2 Å². The fraction of sp³-hybridized carbons (Fsp3) is 0.464. The van der Waals surface area contributed by atoms with E-state index in [2.05, 4.69) is 0 Å². The van der Waals surface area contributed by atoms with Crippen molar-refractivity contribution in [2.45, 2.75) is 75.3 Å². The van der Waals surface area contributed by atoms with Gasteiger partial charge >= 0.3 is 5.97 Å². The van der Waals surface area contributed by atoms with Crippen molar-refractivity contribution in [3.63, 3.8) is 0 Å². The van der Waals surface area contributed by atoms with E-state index in [9.17, 15) is 39.9 Å². The molecule has 0 spiro atoms. The third-order valence-corrected chi connectivity index (χ3v) is 8.29. The fourth-order valence-corrected chi connectivity index (χ4v) is 6.13. The van der Waals surface area contributed by atoms with Gasteiger partial charge in [0, 0.05) is 35.6 Å². The van der Waals surface area contributed by atoms with Crippen LogP contribution in [0.15, 0.2) is 18.2 Å². The average Bonchev–Trinajstić information content (AvgIpc) is 2.91. The number of carbonyl (C=O) groups excluding carboxylic acids is 3. The SMILES string of the molecule is CC[C@@]1(O)C[C@H](OC2CC(N)C(O)C(C)O2)c2c(O)c3c(c(O)c2C1C(=O)OC)C(=O)c1cccc(O)c1C3=O. The Hall–Kier alpha value is -3.55. The number of rotatable bonds is 4. The van der Waals surface area contributed by atoms with Gasteiger partial charge in [-0.05, 0) is 19.4 Å². The predicted molar refractivity (Wildman–Crippen MR) is 136 cm³/mol. The Labute approximate surface area is 228 Å². The van der Waals surface area contributed by atoms with E-state index in [0.717, 1.165) is 7.11 Å². The first-order valence-corrected chi connectivity index (χ1v) is 12.9. The van der Waals surface area contributed by atoms with Crippen molar-refractivity contribution in [1.82, 2.24) is 0 Å². The maximum Gasteiger partial charge on any atom is 0.316 e. The zero-order valence-corrected chi connectivity index (χ0v) is 22.1. The van der Waals surface area contributed by atoms with Crippen LogP contribution < -0.4 is 5.73 Å². The number of esters is 1. The molecule has 1 fully saturated rings. The van der Waals surface area contributed by atoms with Crippen molar-refractivity contribution in [2.75, 3.05) is 7.11 Å². The van der Waals surface area contributed by atoms with E-state index in [0.29, 0.717) is 0 Å². The molecule has 5 rings (SSSR count). The summed E-state index contributed by atoms with van der Waals surface area (Å²) in [4.78, 5) is 40.2. The maximum absolute atomic E-state index is 13.6. The van der Waals surface area contributed by atoms with Gasteiger partial charge in [-0.1, -0.05) is 19.1 Å². The van der Waals surface area contributed by atoms with Crippen molar-refractivity contribution < 1.29 is 54.1 Å². The summed E-state index contributed by atoms with van der Waals surface area (Å²) >= 11 is 0. The Morgan fingerprint density at radius 2 is 1.75 bits per heavy atom. The summed E-state index contributed by atoms with van der Waals surface area (Å²) in [6.07, 6.45) is -4.24. The normalized spacial score (nSPS) is 31.2. The summed E-state index contributed by atoms with van der Waals surface area (Å²) in [5.41, 5.74) is 1.96. The maximum atomic E-state index is 13.6. The molecule has 2 aromatic rings. The highest BCUT2D eigenvalue weighted by Gasteiger charge is 2.54. The average molecular weight is 558 g/mol. The zero-order chi connectivity index (χ0) is 29.3. The minimum atomic E-state index is -1.87. The molecule has 0 radical (unpaired) electrons. The number of phenolic OH excluding ortho intramolecular Hbond substituents is 3. The smallest absolute Gasteiger partial charge is 0.316 e. The van der Waals surface area contributed by atoms with Crippen LogP contribution in [0, 0.1) is 0 Å². The van der Waals surface area contributed by atoms with Gasteiger partial charge in [0.2, 0.25) is 5.78 Å². The quantitative estimate of drug-likeness (QED) is 0.198. The summed E-state index contributed by atoms with van der Waals surface area (Å²) in [6, 6.07) is 3.14. The molecule has 7 N–H and O–H groups in total. The van der Waals surface area contributed by atoms with Gasteiger partial charge in [-0.3, -0.25) is 14.4 Å². The van der Waals surface area contributed by atoms with E-state index in [1.807, 2.05) is 0 Å². The molecule has 0 saturated carbocycles. The largest absolute Gasteiger partial charge is 0.507 e. The van der Waals surface area contributed by atoms with Gasteiger partial charge in [0.15, 0.2) is 12.1 Å². The molecule has 5 unspecified atom stereocenters. The van der Waals surface area contributed by atoms with Gasteiger partial charge in [0.1, 0.15) is 23.2 Å². The third kappa shape index (κ3) is 3.98. The first-order chi connectivity index (χ1) is 18.9. The first-order valence-electron chi connectivity index (χ1n) is 12.9. The number of ketones is 2. The van der Waals surface area contributed by atoms with Crippen LogP contribution in [0.2, 0.25) is 0 Å². The van der Waals surface area contributed by atoms with Gasteiger partial charge in [-0.15, -0.1) is 0 Å². The van der Waals surface area contributed by atoms with Crippen molar-refractivity contribution in [1.29, 1.82) is 0 Å². The van der Waals surface area contributed by atoms with E-state index >= 15 is 0 Å². The highest BCUT2D eigenvalue weighted by atomic mass is 16.7. The van der Waals surface area contributed by atoms with E-state index < -0.39 is 88.1 Å². The molecule has 2 aliphatic carbocycles. The van der Waals surface area contributed by atoms with Crippen LogP contribution in [0.4, 0.5) is 0 Å². The second-order valence-corrected chi connectivity index (χ2v) is 10.5. The van der Waals surface area contributed by atoms with Gasteiger partial charge in [0.25, 0.3) is 0 Å². The van der Waals surface area contributed by atoms with Crippen LogP contribution in [0.1, 0.15) is 88.1 Å². The molecule has 3 aliphatic rings. The van der Waals surface area contributed by atoms with Gasteiger partial charge in [-0.2, -0.15) is 0 Å². The topological polar surface area (TPSA) is 206 Å². The lowest BCUT2D eigenvalue weighted by atomic mass is 9.66. The van der Waals surface area contributed by atoms with E-state index in [4.69, 9.17) is 19.9 Å². The molecule has 214 valence electrons. The number of hydrogen-bond donors (Lipinski definition) is 6.